The second kappa shape index (κ2) is 9.62. The molecule has 0 aliphatic carbocycles. The molecule has 14 heteroatoms. The summed E-state index contributed by atoms with van der Waals surface area (Å²) in [4.78, 5) is 17.6. The highest BCUT2D eigenvalue weighted by Crippen LogP contribution is 2.41. The Morgan fingerprint density at radius 2 is 1.64 bits per heavy atom. The lowest BCUT2D eigenvalue weighted by Crippen LogP contribution is -2.60. The standard InChI is InChI=1S/C11H23O13P/c12-1-4(14)7(16)5(15)3-22-11-9(18)8(17)10(6(2-13)23-11)24-25(19,20)21/h4-18H,1-3H2,(H2,19,20,21)/t4-,5+,6-,7-,8-,9-,10-,11?/m1/s1. The monoisotopic (exact) mass is 394 g/mol. The van der Waals surface area contributed by atoms with Crippen LogP contribution in [0, 0.1) is 0 Å². The number of hydrogen-bond acceptors (Lipinski definition) is 11. The fraction of sp³-hybridized carbons (Fsp3) is 1.00. The van der Waals surface area contributed by atoms with Gasteiger partial charge in [0.15, 0.2) is 6.29 Å². The van der Waals surface area contributed by atoms with Crippen LogP contribution in [0.25, 0.3) is 0 Å². The van der Waals surface area contributed by atoms with Crippen LogP contribution in [0.3, 0.4) is 0 Å². The molecule has 0 aromatic carbocycles. The van der Waals surface area contributed by atoms with E-state index in [0.29, 0.717) is 0 Å². The van der Waals surface area contributed by atoms with Crippen LogP contribution in [-0.4, -0.2) is 114 Å². The Hall–Kier alpha value is -0.250. The molecule has 1 unspecified atom stereocenters. The van der Waals surface area contributed by atoms with E-state index in [9.17, 15) is 35.2 Å². The van der Waals surface area contributed by atoms with Crippen molar-refractivity contribution in [1.82, 2.24) is 0 Å². The summed E-state index contributed by atoms with van der Waals surface area (Å²) >= 11 is 0. The van der Waals surface area contributed by atoms with Gasteiger partial charge in [0.1, 0.15) is 42.7 Å². The number of aliphatic hydroxyl groups is 7. The fourth-order valence-electron chi connectivity index (χ4n) is 2.14. The van der Waals surface area contributed by atoms with Crippen LogP contribution >= 0.6 is 7.82 Å². The molecule has 0 aromatic heterocycles. The van der Waals surface area contributed by atoms with Gasteiger partial charge in [-0.05, 0) is 0 Å². The van der Waals surface area contributed by atoms with Crippen LogP contribution in [0.1, 0.15) is 0 Å². The molecule has 0 bridgehead atoms. The highest BCUT2D eigenvalue weighted by Gasteiger charge is 2.48. The molecule has 1 aliphatic heterocycles. The van der Waals surface area contributed by atoms with Crippen LogP contribution in [0.15, 0.2) is 0 Å². The number of rotatable bonds is 9. The molecule has 25 heavy (non-hydrogen) atoms. The summed E-state index contributed by atoms with van der Waals surface area (Å²) in [6.07, 6.45) is -13.8. The maximum Gasteiger partial charge on any atom is 0.470 e. The lowest BCUT2D eigenvalue weighted by atomic mass is 9.99. The van der Waals surface area contributed by atoms with Gasteiger partial charge in [-0.1, -0.05) is 0 Å². The average Bonchev–Trinajstić information content (AvgIpc) is 2.55. The predicted molar refractivity (Wildman–Crippen MR) is 75.7 cm³/mol. The summed E-state index contributed by atoms with van der Waals surface area (Å²) in [7, 11) is -5.05. The molecular formula is C11H23O13P. The van der Waals surface area contributed by atoms with E-state index >= 15 is 0 Å². The van der Waals surface area contributed by atoms with Crippen molar-refractivity contribution < 1.29 is 64.1 Å². The van der Waals surface area contributed by atoms with Crippen LogP contribution in [-0.2, 0) is 18.6 Å². The van der Waals surface area contributed by atoms with Crippen molar-refractivity contribution in [3.05, 3.63) is 0 Å². The van der Waals surface area contributed by atoms with E-state index in [4.69, 9.17) is 24.4 Å². The summed E-state index contributed by atoms with van der Waals surface area (Å²) < 4.78 is 25.2. The number of ether oxygens (including phenoxy) is 2. The Morgan fingerprint density at radius 3 is 2.12 bits per heavy atom. The lowest BCUT2D eigenvalue weighted by molar-refractivity contribution is -0.304. The van der Waals surface area contributed by atoms with Gasteiger partial charge in [0.25, 0.3) is 0 Å². The number of aliphatic hydroxyl groups excluding tert-OH is 7. The van der Waals surface area contributed by atoms with Crippen molar-refractivity contribution in [2.75, 3.05) is 19.8 Å². The molecule has 13 nitrogen and oxygen atoms in total. The molecule has 0 aromatic rings. The summed E-state index contributed by atoms with van der Waals surface area (Å²) in [5.74, 6) is 0. The van der Waals surface area contributed by atoms with E-state index in [-0.39, 0.29) is 0 Å². The Bertz CT molecular complexity index is 442. The summed E-state index contributed by atoms with van der Waals surface area (Å²) in [5, 5.41) is 65.9. The lowest BCUT2D eigenvalue weighted by Gasteiger charge is -2.41. The molecule has 0 saturated carbocycles. The molecule has 1 aliphatic rings. The minimum Gasteiger partial charge on any atom is -0.394 e. The van der Waals surface area contributed by atoms with Gasteiger partial charge in [0, 0.05) is 0 Å². The zero-order valence-electron chi connectivity index (χ0n) is 12.8. The smallest absolute Gasteiger partial charge is 0.394 e. The van der Waals surface area contributed by atoms with Gasteiger partial charge in [0.2, 0.25) is 0 Å². The first-order valence-corrected chi connectivity index (χ1v) is 8.68. The minimum atomic E-state index is -5.05. The fourth-order valence-corrected chi connectivity index (χ4v) is 2.71. The Balaban J connectivity index is 2.70. The molecular weight excluding hydrogens is 371 g/mol. The van der Waals surface area contributed by atoms with Crippen molar-refractivity contribution in [3.63, 3.8) is 0 Å². The van der Waals surface area contributed by atoms with Gasteiger partial charge in [-0.15, -0.1) is 0 Å². The molecule has 9 N–H and O–H groups in total. The zero-order chi connectivity index (χ0) is 19.4. The first kappa shape index (κ1) is 22.8. The molecule has 0 spiro atoms. The van der Waals surface area contributed by atoms with Crippen LogP contribution in [0.4, 0.5) is 0 Å². The van der Waals surface area contributed by atoms with Gasteiger partial charge in [-0.2, -0.15) is 0 Å². The van der Waals surface area contributed by atoms with Gasteiger partial charge < -0.3 is 55.0 Å². The normalized spacial score (nSPS) is 34.5. The minimum absolute atomic E-state index is 0.700. The molecule has 0 radical (unpaired) electrons. The quantitative estimate of drug-likeness (QED) is 0.167. The van der Waals surface area contributed by atoms with Gasteiger partial charge in [-0.3, -0.25) is 4.52 Å². The second-order valence-corrected chi connectivity index (χ2v) is 6.60. The van der Waals surface area contributed by atoms with E-state index < -0.39 is 76.7 Å². The van der Waals surface area contributed by atoms with E-state index in [1.807, 2.05) is 0 Å². The molecule has 1 fully saturated rings. The summed E-state index contributed by atoms with van der Waals surface area (Å²) in [6.45, 7) is -2.37. The van der Waals surface area contributed by atoms with Crippen molar-refractivity contribution in [2.24, 2.45) is 0 Å². The maximum atomic E-state index is 10.9. The Morgan fingerprint density at radius 1 is 1.04 bits per heavy atom. The van der Waals surface area contributed by atoms with Crippen molar-refractivity contribution in [3.8, 4) is 0 Å². The van der Waals surface area contributed by atoms with E-state index in [0.717, 1.165) is 0 Å². The number of phosphoric acid groups is 1. The van der Waals surface area contributed by atoms with Gasteiger partial charge in [0.05, 0.1) is 19.8 Å². The second-order valence-electron chi connectivity index (χ2n) is 5.41. The van der Waals surface area contributed by atoms with E-state index in [1.54, 1.807) is 0 Å². The molecule has 150 valence electrons. The van der Waals surface area contributed by atoms with Crippen LogP contribution < -0.4 is 0 Å². The maximum absolute atomic E-state index is 10.9. The first-order valence-electron chi connectivity index (χ1n) is 7.14. The van der Waals surface area contributed by atoms with Crippen molar-refractivity contribution in [1.29, 1.82) is 0 Å². The first-order chi connectivity index (χ1) is 11.5. The number of phosphoric ester groups is 1. The Kier molecular flexibility index (Phi) is 8.77. The third kappa shape index (κ3) is 6.45. The SMILES string of the molecule is O=P(O)(O)O[C@H]1[C@H](O)[C@@H](O)C(OC[C@H](O)[C@H](O)[C@H](O)CO)O[C@@H]1CO. The van der Waals surface area contributed by atoms with Crippen LogP contribution in [0.5, 0.6) is 0 Å². The number of hydrogen-bond donors (Lipinski definition) is 9. The molecule has 8 atom stereocenters. The van der Waals surface area contributed by atoms with Crippen molar-refractivity contribution in [2.45, 2.75) is 49.0 Å². The predicted octanol–water partition coefficient (Wildman–Crippen LogP) is -5.01. The summed E-state index contributed by atoms with van der Waals surface area (Å²) in [6, 6.07) is 0. The third-order valence-electron chi connectivity index (χ3n) is 3.49. The van der Waals surface area contributed by atoms with Gasteiger partial charge in [-0.25, -0.2) is 4.57 Å². The largest absolute Gasteiger partial charge is 0.470 e. The van der Waals surface area contributed by atoms with Gasteiger partial charge >= 0.3 is 7.82 Å². The average molecular weight is 394 g/mol. The van der Waals surface area contributed by atoms with E-state index in [2.05, 4.69) is 4.52 Å². The van der Waals surface area contributed by atoms with E-state index in [1.165, 1.54) is 0 Å². The van der Waals surface area contributed by atoms with Crippen LogP contribution in [0.2, 0.25) is 0 Å². The zero-order valence-corrected chi connectivity index (χ0v) is 13.7. The third-order valence-corrected chi connectivity index (χ3v) is 4.00. The highest BCUT2D eigenvalue weighted by molar-refractivity contribution is 7.46. The molecule has 0 amide bonds. The van der Waals surface area contributed by atoms with Crippen molar-refractivity contribution >= 4 is 7.82 Å². The Labute approximate surface area is 141 Å². The topological polar surface area (TPSA) is 227 Å². The molecule has 1 heterocycles. The molecule has 1 saturated heterocycles. The highest BCUT2D eigenvalue weighted by atomic mass is 31.2. The summed E-state index contributed by atoms with van der Waals surface area (Å²) in [5.41, 5.74) is 0. The molecule has 1 rings (SSSR count).